The molecule has 0 aliphatic carbocycles. The lowest BCUT2D eigenvalue weighted by atomic mass is 10.0. The molecule has 0 amide bonds. The summed E-state index contributed by atoms with van der Waals surface area (Å²) < 4.78 is 10.6. The second kappa shape index (κ2) is 9.26. The van der Waals surface area contributed by atoms with Crippen molar-refractivity contribution in [2.75, 3.05) is 19.5 Å². The van der Waals surface area contributed by atoms with Crippen molar-refractivity contribution in [2.45, 2.75) is 19.8 Å². The Bertz CT molecular complexity index is 1050. The van der Waals surface area contributed by atoms with Gasteiger partial charge in [0.2, 0.25) is 0 Å². The molecular weight excluding hydrogens is 382 g/mol. The van der Waals surface area contributed by atoms with Gasteiger partial charge in [-0.2, -0.15) is 5.26 Å². The quantitative estimate of drug-likeness (QED) is 0.494. The number of methoxy groups -OCH3 is 2. The second-order valence-electron chi connectivity index (χ2n) is 6.70. The molecule has 0 aliphatic rings. The van der Waals surface area contributed by atoms with Crippen molar-refractivity contribution >= 4 is 22.6 Å². The van der Waals surface area contributed by atoms with E-state index in [1.54, 1.807) is 20.4 Å². The highest BCUT2D eigenvalue weighted by atomic mass is 32.1. The average molecular weight is 406 g/mol. The van der Waals surface area contributed by atoms with Gasteiger partial charge in [-0.3, -0.25) is 0 Å². The lowest BCUT2D eigenvalue weighted by molar-refractivity contribution is 0.355. The van der Waals surface area contributed by atoms with E-state index in [1.165, 1.54) is 16.9 Å². The first-order chi connectivity index (χ1) is 14.0. The Morgan fingerprint density at radius 2 is 1.83 bits per heavy atom. The molecule has 0 fully saturated rings. The number of aromatic nitrogens is 1. The van der Waals surface area contributed by atoms with Gasteiger partial charge in [0, 0.05) is 22.8 Å². The molecule has 3 rings (SSSR count). The Hall–Kier alpha value is -3.30. The molecule has 0 saturated heterocycles. The molecule has 3 aromatic rings. The maximum absolute atomic E-state index is 9.58. The summed E-state index contributed by atoms with van der Waals surface area (Å²) in [6, 6.07) is 16.1. The van der Waals surface area contributed by atoms with Crippen LogP contribution in [0.1, 0.15) is 30.3 Å². The number of benzene rings is 2. The molecule has 0 unspecified atom stereocenters. The molecule has 0 spiro atoms. The molecule has 5 nitrogen and oxygen atoms in total. The van der Waals surface area contributed by atoms with E-state index in [0.717, 1.165) is 16.9 Å². The van der Waals surface area contributed by atoms with E-state index in [1.807, 2.05) is 35.7 Å². The van der Waals surface area contributed by atoms with E-state index >= 15 is 0 Å². The van der Waals surface area contributed by atoms with Crippen LogP contribution in [0.4, 0.5) is 5.69 Å². The zero-order valence-electron chi connectivity index (χ0n) is 16.9. The number of hydrogen-bond donors (Lipinski definition) is 1. The highest BCUT2D eigenvalue weighted by Gasteiger charge is 2.12. The molecule has 0 radical (unpaired) electrons. The molecule has 0 saturated carbocycles. The van der Waals surface area contributed by atoms with Gasteiger partial charge in [-0.05, 0) is 41.8 Å². The minimum atomic E-state index is 0.481. The van der Waals surface area contributed by atoms with Crippen LogP contribution in [0.5, 0.6) is 11.5 Å². The smallest absolute Gasteiger partial charge is 0.161 e. The molecule has 1 aromatic heterocycles. The maximum Gasteiger partial charge on any atom is 0.161 e. The van der Waals surface area contributed by atoms with Crippen molar-refractivity contribution in [3.05, 3.63) is 64.6 Å². The summed E-state index contributed by atoms with van der Waals surface area (Å²) in [5.74, 6) is 1.79. The van der Waals surface area contributed by atoms with Crippen LogP contribution in [0.15, 0.2) is 54.0 Å². The molecule has 0 bridgehead atoms. The number of nitrogens with zero attached hydrogens (tertiary/aromatic N) is 2. The van der Waals surface area contributed by atoms with Crippen LogP contribution >= 0.6 is 11.3 Å². The zero-order valence-corrected chi connectivity index (χ0v) is 17.7. The predicted octanol–water partition coefficient (Wildman–Crippen LogP) is 5.93. The molecule has 1 heterocycles. The summed E-state index contributed by atoms with van der Waals surface area (Å²) in [5.41, 5.74) is 4.38. The number of hydrogen-bond acceptors (Lipinski definition) is 6. The number of allylic oxidation sites excluding steroid dienone is 1. The number of thiazole rings is 1. The molecular formula is C23H23N3O2S. The Morgan fingerprint density at radius 1 is 1.10 bits per heavy atom. The Morgan fingerprint density at radius 3 is 2.45 bits per heavy atom. The summed E-state index contributed by atoms with van der Waals surface area (Å²) in [6.07, 6.45) is 1.70. The third kappa shape index (κ3) is 4.76. The van der Waals surface area contributed by atoms with Gasteiger partial charge < -0.3 is 14.8 Å². The molecule has 29 heavy (non-hydrogen) atoms. The fraction of sp³-hybridized carbons (Fsp3) is 0.217. The molecule has 6 heteroatoms. The lowest BCUT2D eigenvalue weighted by Gasteiger charge is -2.08. The Kier molecular flexibility index (Phi) is 6.53. The summed E-state index contributed by atoms with van der Waals surface area (Å²) in [6.45, 7) is 4.32. The van der Waals surface area contributed by atoms with Crippen molar-refractivity contribution in [2.24, 2.45) is 0 Å². The summed E-state index contributed by atoms with van der Waals surface area (Å²) in [7, 11) is 3.20. The van der Waals surface area contributed by atoms with Gasteiger partial charge in [0.25, 0.3) is 0 Å². The van der Waals surface area contributed by atoms with Gasteiger partial charge in [-0.1, -0.05) is 26.0 Å². The number of rotatable bonds is 7. The van der Waals surface area contributed by atoms with Gasteiger partial charge >= 0.3 is 0 Å². The van der Waals surface area contributed by atoms with Gasteiger partial charge in [0.15, 0.2) is 11.5 Å². The largest absolute Gasteiger partial charge is 0.493 e. The Labute approximate surface area is 175 Å². The predicted molar refractivity (Wildman–Crippen MR) is 118 cm³/mol. The topological polar surface area (TPSA) is 67.2 Å². The van der Waals surface area contributed by atoms with E-state index in [9.17, 15) is 5.26 Å². The van der Waals surface area contributed by atoms with Crippen LogP contribution in [0.2, 0.25) is 0 Å². The van der Waals surface area contributed by atoms with Crippen LogP contribution in [-0.2, 0) is 0 Å². The van der Waals surface area contributed by atoms with Crippen molar-refractivity contribution < 1.29 is 9.47 Å². The van der Waals surface area contributed by atoms with Crippen LogP contribution < -0.4 is 14.8 Å². The minimum absolute atomic E-state index is 0.481. The second-order valence-corrected chi connectivity index (χ2v) is 7.56. The third-order valence-electron chi connectivity index (χ3n) is 4.49. The van der Waals surface area contributed by atoms with Crippen molar-refractivity contribution in [3.63, 3.8) is 0 Å². The number of anilines is 1. The minimum Gasteiger partial charge on any atom is -0.493 e. The fourth-order valence-electron chi connectivity index (χ4n) is 2.79. The van der Waals surface area contributed by atoms with E-state index in [4.69, 9.17) is 9.47 Å². The van der Waals surface area contributed by atoms with E-state index in [0.29, 0.717) is 28.0 Å². The van der Waals surface area contributed by atoms with E-state index in [2.05, 4.69) is 42.4 Å². The van der Waals surface area contributed by atoms with Crippen LogP contribution in [0.25, 0.3) is 16.8 Å². The van der Waals surface area contributed by atoms with Gasteiger partial charge in [0.1, 0.15) is 16.6 Å². The number of nitriles is 1. The molecule has 148 valence electrons. The number of nitrogens with one attached hydrogen (secondary N) is 1. The van der Waals surface area contributed by atoms with Crippen LogP contribution in [-0.4, -0.2) is 19.2 Å². The number of ether oxygens (including phenoxy) is 2. The standard InChI is InChI=1S/C23H23N3O2S/c1-15(2)16-5-8-19(9-6-16)25-13-18(12-24)23-26-20(14-29-23)17-7-10-21(27-3)22(11-17)28-4/h5-11,13-15,25H,1-4H3/b18-13+. The SMILES string of the molecule is COc1ccc(-c2csc(/C(C#N)=C/Nc3ccc(C(C)C)cc3)n2)cc1OC. The normalized spacial score (nSPS) is 11.2. The zero-order chi connectivity index (χ0) is 20.8. The molecule has 0 aliphatic heterocycles. The Balaban J connectivity index is 1.80. The first-order valence-electron chi connectivity index (χ1n) is 9.20. The fourth-order valence-corrected chi connectivity index (χ4v) is 3.58. The molecule has 2 aromatic carbocycles. The third-order valence-corrected chi connectivity index (χ3v) is 5.37. The van der Waals surface area contributed by atoms with Crippen molar-refractivity contribution in [1.82, 2.24) is 4.98 Å². The van der Waals surface area contributed by atoms with Gasteiger partial charge in [-0.15, -0.1) is 11.3 Å². The highest BCUT2D eigenvalue weighted by molar-refractivity contribution is 7.11. The molecule has 1 N–H and O–H groups in total. The van der Waals surface area contributed by atoms with E-state index < -0.39 is 0 Å². The average Bonchev–Trinajstić information content (AvgIpc) is 3.24. The first kappa shape index (κ1) is 20.4. The van der Waals surface area contributed by atoms with Gasteiger partial charge in [-0.25, -0.2) is 4.98 Å². The van der Waals surface area contributed by atoms with Crippen molar-refractivity contribution in [1.29, 1.82) is 5.26 Å². The van der Waals surface area contributed by atoms with Crippen LogP contribution in [0.3, 0.4) is 0 Å². The van der Waals surface area contributed by atoms with Crippen LogP contribution in [0, 0.1) is 11.3 Å². The summed E-state index contributed by atoms with van der Waals surface area (Å²) in [5, 5.41) is 15.4. The van der Waals surface area contributed by atoms with Gasteiger partial charge in [0.05, 0.1) is 19.9 Å². The monoisotopic (exact) mass is 405 g/mol. The summed E-state index contributed by atoms with van der Waals surface area (Å²) >= 11 is 1.43. The highest BCUT2D eigenvalue weighted by Crippen LogP contribution is 2.33. The first-order valence-corrected chi connectivity index (χ1v) is 10.1. The van der Waals surface area contributed by atoms with E-state index in [-0.39, 0.29) is 0 Å². The lowest BCUT2D eigenvalue weighted by Crippen LogP contribution is -1.93. The molecule has 0 atom stereocenters. The summed E-state index contributed by atoms with van der Waals surface area (Å²) in [4.78, 5) is 4.62. The van der Waals surface area contributed by atoms with Crippen molar-refractivity contribution in [3.8, 4) is 28.8 Å². The maximum atomic E-state index is 9.58.